The Morgan fingerprint density at radius 1 is 1.09 bits per heavy atom. The standard InChI is InChI=1S/C26H27N5O2/c1-4-21-22-24(30(2)29-21)27-23(18-10-12-19(13-11-18)26(32)33-3)28-25(22)31-15-14-20(16-31)17-8-6-5-7-9-17/h5-13,20H,4,14-16H2,1-3H3. The number of anilines is 1. The van der Waals surface area contributed by atoms with Crippen LogP contribution < -0.4 is 4.90 Å². The Morgan fingerprint density at radius 2 is 1.85 bits per heavy atom. The maximum absolute atomic E-state index is 11.8. The van der Waals surface area contributed by atoms with Crippen LogP contribution in [0.4, 0.5) is 5.82 Å². The predicted molar refractivity (Wildman–Crippen MR) is 128 cm³/mol. The summed E-state index contributed by atoms with van der Waals surface area (Å²) in [6.45, 7) is 3.96. The molecule has 0 aliphatic carbocycles. The zero-order valence-electron chi connectivity index (χ0n) is 19.2. The topological polar surface area (TPSA) is 73.1 Å². The first kappa shape index (κ1) is 21.1. The second kappa shape index (κ2) is 8.65. The summed E-state index contributed by atoms with van der Waals surface area (Å²) in [5, 5.41) is 5.76. The average molecular weight is 442 g/mol. The average Bonchev–Trinajstić information content (AvgIpc) is 3.49. The molecule has 1 aliphatic heterocycles. The molecule has 0 spiro atoms. The van der Waals surface area contributed by atoms with E-state index in [9.17, 15) is 4.79 Å². The van der Waals surface area contributed by atoms with Crippen LogP contribution in [0.25, 0.3) is 22.4 Å². The fourth-order valence-corrected chi connectivity index (χ4v) is 4.64. The third-order valence-corrected chi connectivity index (χ3v) is 6.39. The number of hydrogen-bond acceptors (Lipinski definition) is 6. The molecule has 168 valence electrons. The summed E-state index contributed by atoms with van der Waals surface area (Å²) in [5.74, 6) is 1.68. The third kappa shape index (κ3) is 3.84. The zero-order valence-corrected chi connectivity index (χ0v) is 19.2. The minimum atomic E-state index is -0.359. The van der Waals surface area contributed by atoms with Crippen LogP contribution >= 0.6 is 0 Å². The van der Waals surface area contributed by atoms with Crippen molar-refractivity contribution < 1.29 is 9.53 Å². The number of nitrogens with zero attached hydrogens (tertiary/aromatic N) is 5. The van der Waals surface area contributed by atoms with Crippen molar-refractivity contribution in [2.24, 2.45) is 7.05 Å². The van der Waals surface area contributed by atoms with Crippen LogP contribution in [0, 0.1) is 0 Å². The van der Waals surface area contributed by atoms with E-state index in [1.165, 1.54) is 12.7 Å². The van der Waals surface area contributed by atoms with Gasteiger partial charge in [0.25, 0.3) is 0 Å². The molecule has 7 heteroatoms. The summed E-state index contributed by atoms with van der Waals surface area (Å²) in [4.78, 5) is 24.1. The monoisotopic (exact) mass is 441 g/mol. The number of ether oxygens (including phenoxy) is 1. The van der Waals surface area contributed by atoms with Gasteiger partial charge in [0.2, 0.25) is 0 Å². The van der Waals surface area contributed by atoms with Crippen molar-refractivity contribution in [2.45, 2.75) is 25.7 Å². The Morgan fingerprint density at radius 3 is 2.55 bits per heavy atom. The van der Waals surface area contributed by atoms with E-state index in [1.807, 2.05) is 23.9 Å². The highest BCUT2D eigenvalue weighted by molar-refractivity contribution is 5.92. The van der Waals surface area contributed by atoms with Crippen molar-refractivity contribution >= 4 is 22.8 Å². The molecule has 5 rings (SSSR count). The molecule has 0 saturated carbocycles. The molecule has 3 heterocycles. The van der Waals surface area contributed by atoms with Crippen molar-refractivity contribution in [1.82, 2.24) is 19.7 Å². The molecule has 4 aromatic rings. The minimum Gasteiger partial charge on any atom is -0.465 e. The van der Waals surface area contributed by atoms with Crippen LogP contribution in [0.1, 0.15) is 40.9 Å². The van der Waals surface area contributed by atoms with E-state index in [2.05, 4.69) is 42.2 Å². The highest BCUT2D eigenvalue weighted by atomic mass is 16.5. The normalized spacial score (nSPS) is 15.8. The molecular formula is C26H27N5O2. The lowest BCUT2D eigenvalue weighted by atomic mass is 9.99. The summed E-state index contributed by atoms with van der Waals surface area (Å²) in [5.41, 5.74) is 4.56. The fourth-order valence-electron chi connectivity index (χ4n) is 4.64. The Labute approximate surface area is 193 Å². The summed E-state index contributed by atoms with van der Waals surface area (Å²) >= 11 is 0. The summed E-state index contributed by atoms with van der Waals surface area (Å²) in [6, 6.07) is 17.9. The van der Waals surface area contributed by atoms with Gasteiger partial charge in [0.05, 0.1) is 23.8 Å². The molecular weight excluding hydrogens is 414 g/mol. The van der Waals surface area contributed by atoms with E-state index in [1.54, 1.807) is 12.1 Å². The molecule has 2 aromatic carbocycles. The van der Waals surface area contributed by atoms with Crippen molar-refractivity contribution in [2.75, 3.05) is 25.1 Å². The predicted octanol–water partition coefficient (Wildman–Crippen LogP) is 4.37. The lowest BCUT2D eigenvalue weighted by Crippen LogP contribution is -2.21. The molecule has 2 aromatic heterocycles. The largest absolute Gasteiger partial charge is 0.465 e. The Hall–Kier alpha value is -3.74. The van der Waals surface area contributed by atoms with Gasteiger partial charge in [-0.1, -0.05) is 49.4 Å². The van der Waals surface area contributed by atoms with Gasteiger partial charge in [-0.25, -0.2) is 19.4 Å². The lowest BCUT2D eigenvalue weighted by molar-refractivity contribution is 0.0600. The summed E-state index contributed by atoms with van der Waals surface area (Å²) < 4.78 is 6.66. The Bertz CT molecular complexity index is 1300. The number of rotatable bonds is 5. The second-order valence-electron chi connectivity index (χ2n) is 8.40. The molecule has 1 fully saturated rings. The van der Waals surface area contributed by atoms with Gasteiger partial charge in [0.15, 0.2) is 11.5 Å². The van der Waals surface area contributed by atoms with Gasteiger partial charge in [0, 0.05) is 31.6 Å². The molecule has 1 aliphatic rings. The number of carbonyl (C=O) groups excluding carboxylic acids is 1. The van der Waals surface area contributed by atoms with Crippen LogP contribution in [-0.2, 0) is 18.2 Å². The van der Waals surface area contributed by atoms with Gasteiger partial charge < -0.3 is 9.64 Å². The van der Waals surface area contributed by atoms with E-state index >= 15 is 0 Å². The zero-order chi connectivity index (χ0) is 22.9. The van der Waals surface area contributed by atoms with Crippen LogP contribution in [0.2, 0.25) is 0 Å². The van der Waals surface area contributed by atoms with Gasteiger partial charge in [0.1, 0.15) is 5.82 Å². The molecule has 7 nitrogen and oxygen atoms in total. The number of fused-ring (bicyclic) bond motifs is 1. The van der Waals surface area contributed by atoms with Crippen LogP contribution in [-0.4, -0.2) is 45.9 Å². The number of carbonyl (C=O) groups is 1. The number of benzene rings is 2. The van der Waals surface area contributed by atoms with E-state index in [0.29, 0.717) is 17.3 Å². The molecule has 1 atom stereocenters. The fraction of sp³-hybridized carbons (Fsp3) is 0.308. The first-order chi connectivity index (χ1) is 16.1. The van der Waals surface area contributed by atoms with Crippen molar-refractivity contribution in [3.8, 4) is 11.4 Å². The first-order valence-corrected chi connectivity index (χ1v) is 11.3. The highest BCUT2D eigenvalue weighted by Gasteiger charge is 2.28. The molecule has 0 radical (unpaired) electrons. The van der Waals surface area contributed by atoms with Gasteiger partial charge in [-0.3, -0.25) is 0 Å². The smallest absolute Gasteiger partial charge is 0.337 e. The number of methoxy groups -OCH3 is 1. The summed E-state index contributed by atoms with van der Waals surface area (Å²) in [7, 11) is 3.31. The van der Waals surface area contributed by atoms with E-state index in [0.717, 1.165) is 54.0 Å². The highest BCUT2D eigenvalue weighted by Crippen LogP contribution is 2.36. The van der Waals surface area contributed by atoms with Crippen LogP contribution in [0.5, 0.6) is 0 Å². The summed E-state index contributed by atoms with van der Waals surface area (Å²) in [6.07, 6.45) is 1.90. The number of aryl methyl sites for hydroxylation is 2. The molecule has 33 heavy (non-hydrogen) atoms. The SMILES string of the molecule is CCc1nn(C)c2nc(-c3ccc(C(=O)OC)cc3)nc(N3CCC(c4ccccc4)C3)c12. The third-order valence-electron chi connectivity index (χ3n) is 6.39. The number of aromatic nitrogens is 4. The maximum atomic E-state index is 11.8. The maximum Gasteiger partial charge on any atom is 0.337 e. The van der Waals surface area contributed by atoms with E-state index in [-0.39, 0.29) is 5.97 Å². The van der Waals surface area contributed by atoms with Crippen LogP contribution in [0.3, 0.4) is 0 Å². The van der Waals surface area contributed by atoms with Gasteiger partial charge in [-0.05, 0) is 30.5 Å². The molecule has 1 unspecified atom stereocenters. The van der Waals surface area contributed by atoms with Crippen LogP contribution in [0.15, 0.2) is 54.6 Å². The van der Waals surface area contributed by atoms with Gasteiger partial charge >= 0.3 is 5.97 Å². The molecule has 0 amide bonds. The number of hydrogen-bond donors (Lipinski definition) is 0. The first-order valence-electron chi connectivity index (χ1n) is 11.3. The molecule has 0 N–H and O–H groups in total. The van der Waals surface area contributed by atoms with E-state index < -0.39 is 0 Å². The Kier molecular flexibility index (Phi) is 5.54. The van der Waals surface area contributed by atoms with Crippen molar-refractivity contribution in [3.63, 3.8) is 0 Å². The van der Waals surface area contributed by atoms with Crippen molar-refractivity contribution in [3.05, 3.63) is 71.4 Å². The molecule has 1 saturated heterocycles. The van der Waals surface area contributed by atoms with Crippen molar-refractivity contribution in [1.29, 1.82) is 0 Å². The second-order valence-corrected chi connectivity index (χ2v) is 8.40. The lowest BCUT2D eigenvalue weighted by Gasteiger charge is -2.20. The van der Waals surface area contributed by atoms with Gasteiger partial charge in [-0.15, -0.1) is 0 Å². The minimum absolute atomic E-state index is 0.359. The quantitative estimate of drug-likeness (QED) is 0.428. The number of esters is 1. The molecule has 0 bridgehead atoms. The Balaban J connectivity index is 1.58. The van der Waals surface area contributed by atoms with Gasteiger partial charge in [-0.2, -0.15) is 5.10 Å². The van der Waals surface area contributed by atoms with E-state index in [4.69, 9.17) is 19.8 Å².